The molecule has 0 saturated heterocycles. The molecule has 1 aromatic carbocycles. The number of para-hydroxylation sites is 1. The molecule has 0 radical (unpaired) electrons. The van der Waals surface area contributed by atoms with E-state index in [0.29, 0.717) is 19.4 Å². The summed E-state index contributed by atoms with van der Waals surface area (Å²) >= 11 is 1.62. The smallest absolute Gasteiger partial charge is 0.220 e. The van der Waals surface area contributed by atoms with Crippen molar-refractivity contribution in [2.24, 2.45) is 0 Å². The van der Waals surface area contributed by atoms with Gasteiger partial charge in [0, 0.05) is 18.8 Å². The maximum Gasteiger partial charge on any atom is 0.220 e. The van der Waals surface area contributed by atoms with E-state index in [9.17, 15) is 4.79 Å². The SMILES string of the molecule is O=C(CCc1cccnc1)NCc1nc2ccccc2s1. The Bertz CT molecular complexity index is 706. The highest BCUT2D eigenvalue weighted by Crippen LogP contribution is 2.21. The van der Waals surface area contributed by atoms with Crippen molar-refractivity contribution in [1.29, 1.82) is 0 Å². The molecule has 0 spiro atoms. The topological polar surface area (TPSA) is 54.9 Å². The van der Waals surface area contributed by atoms with Gasteiger partial charge in [-0.25, -0.2) is 4.98 Å². The molecule has 5 heteroatoms. The van der Waals surface area contributed by atoms with Crippen molar-refractivity contribution in [2.75, 3.05) is 0 Å². The Labute approximate surface area is 126 Å². The zero-order chi connectivity index (χ0) is 14.5. The minimum absolute atomic E-state index is 0.0399. The van der Waals surface area contributed by atoms with Crippen LogP contribution >= 0.6 is 11.3 Å². The summed E-state index contributed by atoms with van der Waals surface area (Å²) in [5, 5.41) is 3.85. The maximum atomic E-state index is 11.9. The molecule has 4 nitrogen and oxygen atoms in total. The van der Waals surface area contributed by atoms with Crippen molar-refractivity contribution in [3.63, 3.8) is 0 Å². The summed E-state index contributed by atoms with van der Waals surface area (Å²) in [6.07, 6.45) is 4.70. The lowest BCUT2D eigenvalue weighted by Gasteiger charge is -2.03. The summed E-state index contributed by atoms with van der Waals surface area (Å²) in [6.45, 7) is 0.491. The average Bonchev–Trinajstić information content (AvgIpc) is 2.95. The lowest BCUT2D eigenvalue weighted by atomic mass is 10.1. The summed E-state index contributed by atoms with van der Waals surface area (Å²) in [7, 11) is 0. The van der Waals surface area contributed by atoms with Gasteiger partial charge in [0.25, 0.3) is 0 Å². The first-order valence-corrected chi connectivity index (χ1v) is 7.63. The molecule has 0 aliphatic rings. The number of carbonyl (C=O) groups excluding carboxylic acids is 1. The number of aryl methyl sites for hydroxylation is 1. The van der Waals surface area contributed by atoms with Gasteiger partial charge in [0.15, 0.2) is 0 Å². The second-order valence-corrected chi connectivity index (χ2v) is 5.83. The molecule has 0 saturated carbocycles. The number of pyridine rings is 1. The monoisotopic (exact) mass is 297 g/mol. The summed E-state index contributed by atoms with van der Waals surface area (Å²) in [5.41, 5.74) is 2.06. The number of hydrogen-bond acceptors (Lipinski definition) is 4. The summed E-state index contributed by atoms with van der Waals surface area (Å²) in [5.74, 6) is 0.0399. The van der Waals surface area contributed by atoms with Gasteiger partial charge in [-0.05, 0) is 30.2 Å². The fourth-order valence-corrected chi connectivity index (χ4v) is 2.97. The van der Waals surface area contributed by atoms with Crippen molar-refractivity contribution in [1.82, 2.24) is 15.3 Å². The Hall–Kier alpha value is -2.27. The van der Waals surface area contributed by atoms with Crippen LogP contribution in [-0.2, 0) is 17.8 Å². The minimum atomic E-state index is 0.0399. The molecule has 0 aliphatic carbocycles. The second-order valence-electron chi connectivity index (χ2n) is 4.71. The lowest BCUT2D eigenvalue weighted by Crippen LogP contribution is -2.22. The van der Waals surface area contributed by atoms with Gasteiger partial charge in [-0.3, -0.25) is 9.78 Å². The maximum absolute atomic E-state index is 11.9. The van der Waals surface area contributed by atoms with Crippen LogP contribution in [0.25, 0.3) is 10.2 Å². The molecule has 0 bridgehead atoms. The number of thiazole rings is 1. The Morgan fingerprint density at radius 3 is 2.90 bits per heavy atom. The number of nitrogens with zero attached hydrogens (tertiary/aromatic N) is 2. The summed E-state index contributed by atoms with van der Waals surface area (Å²) in [4.78, 5) is 20.4. The second kappa shape index (κ2) is 6.45. The predicted octanol–water partition coefficient (Wildman–Crippen LogP) is 2.94. The third-order valence-corrected chi connectivity index (χ3v) is 4.17. The molecule has 2 aromatic heterocycles. The van der Waals surface area contributed by atoms with Crippen molar-refractivity contribution in [3.8, 4) is 0 Å². The Balaban J connectivity index is 1.51. The van der Waals surface area contributed by atoms with Crippen molar-refractivity contribution >= 4 is 27.5 Å². The average molecular weight is 297 g/mol. The molecule has 3 aromatic rings. The number of rotatable bonds is 5. The molecule has 0 atom stereocenters. The van der Waals surface area contributed by atoms with E-state index < -0.39 is 0 Å². The number of amides is 1. The third-order valence-electron chi connectivity index (χ3n) is 3.14. The fourth-order valence-electron chi connectivity index (χ4n) is 2.06. The quantitative estimate of drug-likeness (QED) is 0.787. The van der Waals surface area contributed by atoms with E-state index in [0.717, 1.165) is 20.8 Å². The van der Waals surface area contributed by atoms with E-state index in [1.54, 1.807) is 23.7 Å². The minimum Gasteiger partial charge on any atom is -0.350 e. The number of carbonyl (C=O) groups is 1. The highest BCUT2D eigenvalue weighted by molar-refractivity contribution is 7.18. The van der Waals surface area contributed by atoms with Gasteiger partial charge in [-0.2, -0.15) is 0 Å². The first kappa shape index (κ1) is 13.7. The van der Waals surface area contributed by atoms with Crippen LogP contribution in [0.5, 0.6) is 0 Å². The van der Waals surface area contributed by atoms with Crippen LogP contribution < -0.4 is 5.32 Å². The van der Waals surface area contributed by atoms with Crippen molar-refractivity contribution in [2.45, 2.75) is 19.4 Å². The van der Waals surface area contributed by atoms with Gasteiger partial charge in [-0.1, -0.05) is 18.2 Å². The summed E-state index contributed by atoms with van der Waals surface area (Å²) in [6, 6.07) is 11.9. The molecular weight excluding hydrogens is 282 g/mol. The Kier molecular flexibility index (Phi) is 4.21. The van der Waals surface area contributed by atoms with Crippen LogP contribution in [0.1, 0.15) is 17.0 Å². The summed E-state index contributed by atoms with van der Waals surface area (Å²) < 4.78 is 1.15. The van der Waals surface area contributed by atoms with Gasteiger partial charge >= 0.3 is 0 Å². The molecule has 3 rings (SSSR count). The largest absolute Gasteiger partial charge is 0.350 e. The van der Waals surface area contributed by atoms with E-state index >= 15 is 0 Å². The zero-order valence-corrected chi connectivity index (χ0v) is 12.3. The van der Waals surface area contributed by atoms with Crippen molar-refractivity contribution in [3.05, 3.63) is 59.4 Å². The van der Waals surface area contributed by atoms with Crippen molar-refractivity contribution < 1.29 is 4.79 Å². The molecular formula is C16H15N3OS. The normalized spacial score (nSPS) is 10.7. The molecule has 2 heterocycles. The fraction of sp³-hybridized carbons (Fsp3) is 0.188. The highest BCUT2D eigenvalue weighted by atomic mass is 32.1. The number of hydrogen-bond donors (Lipinski definition) is 1. The van der Waals surface area contributed by atoms with E-state index in [-0.39, 0.29) is 5.91 Å². The van der Waals surface area contributed by atoms with Crippen LogP contribution in [0.2, 0.25) is 0 Å². The van der Waals surface area contributed by atoms with Gasteiger partial charge < -0.3 is 5.32 Å². The molecule has 1 N–H and O–H groups in total. The van der Waals surface area contributed by atoms with Crippen LogP contribution in [0.4, 0.5) is 0 Å². The van der Waals surface area contributed by atoms with E-state index in [4.69, 9.17) is 0 Å². The van der Waals surface area contributed by atoms with Gasteiger partial charge in [-0.15, -0.1) is 11.3 Å². The van der Waals surface area contributed by atoms with Gasteiger partial charge in [0.05, 0.1) is 16.8 Å². The molecule has 1 amide bonds. The van der Waals surface area contributed by atoms with E-state index in [2.05, 4.69) is 15.3 Å². The highest BCUT2D eigenvalue weighted by Gasteiger charge is 2.06. The molecule has 21 heavy (non-hydrogen) atoms. The lowest BCUT2D eigenvalue weighted by molar-refractivity contribution is -0.121. The Morgan fingerprint density at radius 1 is 1.19 bits per heavy atom. The molecule has 106 valence electrons. The number of fused-ring (bicyclic) bond motifs is 1. The van der Waals surface area contributed by atoms with Gasteiger partial charge in [0.2, 0.25) is 5.91 Å². The standard InChI is InChI=1S/C16H15N3OS/c20-15(8-7-12-4-3-9-17-10-12)18-11-16-19-13-5-1-2-6-14(13)21-16/h1-6,9-10H,7-8,11H2,(H,18,20). The van der Waals surface area contributed by atoms with Crippen LogP contribution in [0.3, 0.4) is 0 Å². The zero-order valence-electron chi connectivity index (χ0n) is 11.5. The van der Waals surface area contributed by atoms with E-state index in [1.807, 2.05) is 36.4 Å². The molecule has 0 aliphatic heterocycles. The first-order chi connectivity index (χ1) is 10.3. The number of benzene rings is 1. The predicted molar refractivity (Wildman–Crippen MR) is 84.0 cm³/mol. The van der Waals surface area contributed by atoms with Crippen LogP contribution in [-0.4, -0.2) is 15.9 Å². The molecule has 0 unspecified atom stereocenters. The number of nitrogens with one attached hydrogen (secondary N) is 1. The molecule has 0 fully saturated rings. The first-order valence-electron chi connectivity index (χ1n) is 6.81. The van der Waals surface area contributed by atoms with Gasteiger partial charge in [0.1, 0.15) is 5.01 Å². The van der Waals surface area contributed by atoms with E-state index in [1.165, 1.54) is 0 Å². The van der Waals surface area contributed by atoms with Crippen LogP contribution in [0.15, 0.2) is 48.8 Å². The van der Waals surface area contributed by atoms with Crippen LogP contribution in [0, 0.1) is 0 Å². The number of aromatic nitrogens is 2. The third kappa shape index (κ3) is 3.64. The Morgan fingerprint density at radius 2 is 2.10 bits per heavy atom.